The molecule has 0 aliphatic rings. The van der Waals surface area contributed by atoms with Crippen LogP contribution in [0.5, 0.6) is 0 Å². The van der Waals surface area contributed by atoms with Crippen LogP contribution >= 0.6 is 0 Å². The number of rotatable bonds is 11. The molecule has 0 unspecified atom stereocenters. The van der Waals surface area contributed by atoms with Crippen molar-refractivity contribution in [1.29, 1.82) is 0 Å². The summed E-state index contributed by atoms with van der Waals surface area (Å²) in [6.45, 7) is 9.88. The summed E-state index contributed by atoms with van der Waals surface area (Å²) < 4.78 is 2.22. The molecule has 0 radical (unpaired) electrons. The fourth-order valence-corrected chi connectivity index (χ4v) is 2.84. The first kappa shape index (κ1) is 18.1. The lowest BCUT2D eigenvalue weighted by Gasteiger charge is -2.11. The lowest BCUT2D eigenvalue weighted by Crippen LogP contribution is -2.11. The van der Waals surface area contributed by atoms with Gasteiger partial charge in [0.25, 0.3) is 0 Å². The highest BCUT2D eigenvalue weighted by atomic mass is 15.1. The molecule has 3 nitrogen and oxygen atoms in total. The quantitative estimate of drug-likeness (QED) is 0.585. The number of hydrogen-bond acceptors (Lipinski definition) is 2. The summed E-state index contributed by atoms with van der Waals surface area (Å²) in [4.78, 5) is 4.77. The molecule has 0 aliphatic carbocycles. The molecule has 0 fully saturated rings. The number of imidazole rings is 1. The van der Waals surface area contributed by atoms with E-state index >= 15 is 0 Å². The van der Waals surface area contributed by atoms with Crippen molar-refractivity contribution in [2.24, 2.45) is 5.92 Å². The van der Waals surface area contributed by atoms with Crippen LogP contribution in [0.25, 0.3) is 0 Å². The molecule has 0 aliphatic heterocycles. The van der Waals surface area contributed by atoms with E-state index in [9.17, 15) is 0 Å². The molecule has 0 spiro atoms. The number of nitrogens with zero attached hydrogens (tertiary/aromatic N) is 2. The summed E-state index contributed by atoms with van der Waals surface area (Å²) in [5, 5.41) is 0. The average Bonchev–Trinajstić information content (AvgIpc) is 2.74. The maximum absolute atomic E-state index is 6.31. The van der Waals surface area contributed by atoms with Crippen molar-refractivity contribution >= 4 is 5.82 Å². The van der Waals surface area contributed by atoms with Gasteiger partial charge in [-0.2, -0.15) is 0 Å². The van der Waals surface area contributed by atoms with Crippen molar-refractivity contribution in [3.63, 3.8) is 0 Å². The van der Waals surface area contributed by atoms with E-state index in [1.165, 1.54) is 44.9 Å². The van der Waals surface area contributed by atoms with Gasteiger partial charge in [-0.05, 0) is 18.8 Å². The molecular formula is C18H35N3. The van der Waals surface area contributed by atoms with Crippen LogP contribution in [0, 0.1) is 5.92 Å². The van der Waals surface area contributed by atoms with Crippen LogP contribution in [0.3, 0.4) is 0 Å². The Balaban J connectivity index is 2.43. The van der Waals surface area contributed by atoms with E-state index in [1.807, 2.05) is 0 Å². The highest BCUT2D eigenvalue weighted by Crippen LogP contribution is 2.20. The van der Waals surface area contributed by atoms with Crippen molar-refractivity contribution < 1.29 is 0 Å². The molecule has 1 heterocycles. The zero-order valence-electron chi connectivity index (χ0n) is 14.6. The summed E-state index contributed by atoms with van der Waals surface area (Å²) in [7, 11) is 0. The monoisotopic (exact) mass is 293 g/mol. The molecule has 1 rings (SSSR count). The minimum atomic E-state index is 0.609. The van der Waals surface area contributed by atoms with Gasteiger partial charge in [-0.25, -0.2) is 4.98 Å². The molecule has 3 heteroatoms. The maximum Gasteiger partial charge on any atom is 0.126 e. The Bertz CT molecular complexity index is 393. The van der Waals surface area contributed by atoms with Gasteiger partial charge in [-0.1, -0.05) is 66.2 Å². The number of nitrogens with two attached hydrogens (primary N) is 1. The molecule has 1 aromatic rings. The molecule has 21 heavy (non-hydrogen) atoms. The first-order valence-electron chi connectivity index (χ1n) is 8.93. The smallest absolute Gasteiger partial charge is 0.126 e. The largest absolute Gasteiger partial charge is 0.384 e. The molecule has 1 aromatic heterocycles. The molecule has 0 aromatic carbocycles. The van der Waals surface area contributed by atoms with Crippen LogP contribution in [0.1, 0.15) is 84.2 Å². The van der Waals surface area contributed by atoms with Crippen LogP contribution in [0.4, 0.5) is 5.82 Å². The fourth-order valence-electron chi connectivity index (χ4n) is 2.84. The van der Waals surface area contributed by atoms with Gasteiger partial charge in [0, 0.05) is 13.0 Å². The maximum atomic E-state index is 6.31. The summed E-state index contributed by atoms with van der Waals surface area (Å²) >= 11 is 0. The number of aromatic nitrogens is 2. The van der Waals surface area contributed by atoms with Crippen LogP contribution in [0.15, 0.2) is 0 Å². The van der Waals surface area contributed by atoms with Gasteiger partial charge >= 0.3 is 0 Å². The van der Waals surface area contributed by atoms with Crippen molar-refractivity contribution in [2.75, 3.05) is 5.73 Å². The molecule has 0 amide bonds. The van der Waals surface area contributed by atoms with Crippen molar-refractivity contribution in [3.05, 3.63) is 11.5 Å². The van der Waals surface area contributed by atoms with Crippen molar-refractivity contribution in [3.8, 4) is 0 Å². The number of aryl methyl sites for hydroxylation is 2. The van der Waals surface area contributed by atoms with Crippen LogP contribution < -0.4 is 5.73 Å². The van der Waals surface area contributed by atoms with E-state index in [4.69, 9.17) is 10.7 Å². The number of anilines is 1. The first-order chi connectivity index (χ1) is 10.1. The third-order valence-electron chi connectivity index (χ3n) is 4.04. The second-order valence-electron chi connectivity index (χ2n) is 6.59. The van der Waals surface area contributed by atoms with Gasteiger partial charge in [0.2, 0.25) is 0 Å². The second kappa shape index (κ2) is 9.86. The molecule has 0 saturated carbocycles. The normalized spacial score (nSPS) is 11.5. The summed E-state index contributed by atoms with van der Waals surface area (Å²) in [5.74, 6) is 2.67. The SMILES string of the molecule is CCCCCCCCCc1nc(CC)n(CC(C)C)c1N. The number of nitrogen functional groups attached to an aromatic ring is 1. The standard InChI is InChI=1S/C18H35N3/c1-5-7-8-9-10-11-12-13-16-18(19)21(14-15(3)4)17(6-2)20-16/h15H,5-14,19H2,1-4H3. The van der Waals surface area contributed by atoms with Gasteiger partial charge in [0.1, 0.15) is 11.6 Å². The minimum Gasteiger partial charge on any atom is -0.384 e. The lowest BCUT2D eigenvalue weighted by atomic mass is 10.1. The summed E-state index contributed by atoms with van der Waals surface area (Å²) in [5.41, 5.74) is 7.43. The Morgan fingerprint density at radius 2 is 1.62 bits per heavy atom. The fraction of sp³-hybridized carbons (Fsp3) is 0.833. The number of hydrogen-bond donors (Lipinski definition) is 1. The summed E-state index contributed by atoms with van der Waals surface area (Å²) in [6.07, 6.45) is 11.4. The van der Waals surface area contributed by atoms with Crippen LogP contribution in [0.2, 0.25) is 0 Å². The second-order valence-corrected chi connectivity index (χ2v) is 6.59. The summed E-state index contributed by atoms with van der Waals surface area (Å²) in [6, 6.07) is 0. The molecule has 0 atom stereocenters. The molecule has 2 N–H and O–H groups in total. The number of unbranched alkanes of at least 4 members (excludes halogenated alkanes) is 6. The van der Waals surface area contributed by atoms with Gasteiger partial charge < -0.3 is 10.3 Å². The molecule has 122 valence electrons. The van der Waals surface area contributed by atoms with Crippen LogP contribution in [-0.2, 0) is 19.4 Å². The van der Waals surface area contributed by atoms with E-state index in [1.54, 1.807) is 0 Å². The zero-order valence-corrected chi connectivity index (χ0v) is 14.6. The Labute approximate surface area is 131 Å². The van der Waals surface area contributed by atoms with E-state index in [0.29, 0.717) is 5.92 Å². The molecule has 0 bridgehead atoms. The predicted octanol–water partition coefficient (Wildman–Crippen LogP) is 4.98. The minimum absolute atomic E-state index is 0.609. The van der Waals surface area contributed by atoms with Crippen molar-refractivity contribution in [2.45, 2.75) is 92.0 Å². The first-order valence-corrected chi connectivity index (χ1v) is 8.93. The third kappa shape index (κ3) is 6.11. The van der Waals surface area contributed by atoms with Gasteiger partial charge in [0.15, 0.2) is 0 Å². The Morgan fingerprint density at radius 1 is 1.00 bits per heavy atom. The predicted molar refractivity (Wildman–Crippen MR) is 92.6 cm³/mol. The van der Waals surface area contributed by atoms with E-state index in [0.717, 1.165) is 36.7 Å². The van der Waals surface area contributed by atoms with E-state index in [2.05, 4.69) is 32.3 Å². The average molecular weight is 293 g/mol. The topological polar surface area (TPSA) is 43.8 Å². The zero-order chi connectivity index (χ0) is 15.7. The molecular weight excluding hydrogens is 258 g/mol. The van der Waals surface area contributed by atoms with Gasteiger partial charge in [-0.15, -0.1) is 0 Å². The lowest BCUT2D eigenvalue weighted by molar-refractivity contribution is 0.513. The molecule has 0 saturated heterocycles. The Hall–Kier alpha value is -0.990. The third-order valence-corrected chi connectivity index (χ3v) is 4.04. The van der Waals surface area contributed by atoms with E-state index < -0.39 is 0 Å². The Morgan fingerprint density at radius 3 is 2.19 bits per heavy atom. The highest BCUT2D eigenvalue weighted by molar-refractivity contribution is 5.38. The van der Waals surface area contributed by atoms with Crippen molar-refractivity contribution in [1.82, 2.24) is 9.55 Å². The van der Waals surface area contributed by atoms with Gasteiger partial charge in [0.05, 0.1) is 5.69 Å². The van der Waals surface area contributed by atoms with E-state index in [-0.39, 0.29) is 0 Å². The highest BCUT2D eigenvalue weighted by Gasteiger charge is 2.13. The van der Waals surface area contributed by atoms with Gasteiger partial charge in [-0.3, -0.25) is 0 Å². The Kier molecular flexibility index (Phi) is 8.48. The van der Waals surface area contributed by atoms with Crippen LogP contribution in [-0.4, -0.2) is 9.55 Å².